The molecule has 0 aromatic heterocycles. The largest absolute Gasteiger partial charge is 0.497 e. The number of methoxy groups -OCH3 is 1. The molecule has 2 atom stereocenters. The van der Waals surface area contributed by atoms with E-state index < -0.39 is 8.32 Å². The second-order valence-corrected chi connectivity index (χ2v) is 13.7. The lowest BCUT2D eigenvalue weighted by Gasteiger charge is -2.38. The molecule has 0 aliphatic heterocycles. The van der Waals surface area contributed by atoms with Gasteiger partial charge in [-0.25, -0.2) is 0 Å². The quantitative estimate of drug-likeness (QED) is 0.562. The second kappa shape index (κ2) is 7.20. The summed E-state index contributed by atoms with van der Waals surface area (Å²) in [7, 11) is -0.0757. The van der Waals surface area contributed by atoms with Gasteiger partial charge in [0.05, 0.1) is 13.2 Å². The van der Waals surface area contributed by atoms with Crippen LogP contribution in [-0.2, 0) is 10.8 Å². The molecule has 0 N–H and O–H groups in total. The molecule has 0 heterocycles. The summed E-state index contributed by atoms with van der Waals surface area (Å²) in [6, 6.07) is 17.3. The van der Waals surface area contributed by atoms with Crippen LogP contribution in [0.1, 0.15) is 55.9 Å². The maximum absolute atomic E-state index is 6.81. The van der Waals surface area contributed by atoms with E-state index in [0.29, 0.717) is 5.92 Å². The predicted molar refractivity (Wildman–Crippen MR) is 112 cm³/mol. The fourth-order valence-electron chi connectivity index (χ4n) is 3.57. The van der Waals surface area contributed by atoms with Gasteiger partial charge >= 0.3 is 0 Å². The van der Waals surface area contributed by atoms with E-state index in [1.807, 2.05) is 0 Å². The SMILES string of the molecule is COc1ccc(CC2CC(O[Si](C)(C)C(C)(C)C)c3ccccc32)cc1. The Morgan fingerprint density at radius 3 is 2.15 bits per heavy atom. The van der Waals surface area contributed by atoms with E-state index in [1.165, 1.54) is 16.7 Å². The van der Waals surface area contributed by atoms with Crippen LogP contribution >= 0.6 is 0 Å². The highest BCUT2D eigenvalue weighted by Gasteiger charge is 2.42. The minimum Gasteiger partial charge on any atom is -0.497 e. The highest BCUT2D eigenvalue weighted by Crippen LogP contribution is 2.48. The number of hydrogen-bond donors (Lipinski definition) is 0. The molecular weight excluding hydrogens is 336 g/mol. The summed E-state index contributed by atoms with van der Waals surface area (Å²) in [5.74, 6) is 1.44. The highest BCUT2D eigenvalue weighted by molar-refractivity contribution is 6.74. The summed E-state index contributed by atoms with van der Waals surface area (Å²) in [6.45, 7) is 11.7. The third kappa shape index (κ3) is 3.89. The molecule has 1 aliphatic carbocycles. The van der Waals surface area contributed by atoms with Gasteiger partial charge in [0.2, 0.25) is 0 Å². The second-order valence-electron chi connectivity index (χ2n) is 8.98. The zero-order chi connectivity index (χ0) is 18.9. The van der Waals surface area contributed by atoms with Gasteiger partial charge in [0, 0.05) is 0 Å². The first-order valence-electron chi connectivity index (χ1n) is 9.61. The lowest BCUT2D eigenvalue weighted by Crippen LogP contribution is -2.41. The Labute approximate surface area is 159 Å². The summed E-state index contributed by atoms with van der Waals surface area (Å²) < 4.78 is 12.1. The number of fused-ring (bicyclic) bond motifs is 1. The van der Waals surface area contributed by atoms with E-state index in [1.54, 1.807) is 7.11 Å². The van der Waals surface area contributed by atoms with Crippen LogP contribution in [0.15, 0.2) is 48.5 Å². The molecule has 3 heteroatoms. The molecule has 2 unspecified atom stereocenters. The van der Waals surface area contributed by atoms with Gasteiger partial charge in [-0.2, -0.15) is 0 Å². The van der Waals surface area contributed by atoms with Crippen LogP contribution < -0.4 is 4.74 Å². The average Bonchev–Trinajstić information content (AvgIpc) is 2.92. The van der Waals surface area contributed by atoms with Crippen LogP contribution in [0.3, 0.4) is 0 Å². The molecule has 2 aromatic carbocycles. The van der Waals surface area contributed by atoms with Crippen molar-refractivity contribution in [2.45, 2.75) is 63.8 Å². The van der Waals surface area contributed by atoms with Crippen LogP contribution in [0, 0.1) is 0 Å². The summed E-state index contributed by atoms with van der Waals surface area (Å²) in [5, 5.41) is 0.232. The van der Waals surface area contributed by atoms with Crippen molar-refractivity contribution in [3.8, 4) is 5.75 Å². The Kier molecular flexibility index (Phi) is 5.32. The van der Waals surface area contributed by atoms with Crippen LogP contribution in [0.5, 0.6) is 5.75 Å². The first kappa shape index (κ1) is 19.2. The standard InChI is InChI=1S/C23H32O2Si/c1-23(2,3)26(5,6)25-22-16-18(20-9-7-8-10-21(20)22)15-17-11-13-19(24-4)14-12-17/h7-14,18,22H,15-16H2,1-6H3. The van der Waals surface area contributed by atoms with Gasteiger partial charge in [-0.1, -0.05) is 57.2 Å². The van der Waals surface area contributed by atoms with Gasteiger partial charge in [0.1, 0.15) is 5.75 Å². The van der Waals surface area contributed by atoms with Crippen molar-refractivity contribution in [3.63, 3.8) is 0 Å². The molecular formula is C23H32O2Si. The lowest BCUT2D eigenvalue weighted by molar-refractivity contribution is 0.178. The zero-order valence-electron chi connectivity index (χ0n) is 17.0. The van der Waals surface area contributed by atoms with Crippen LogP contribution in [0.25, 0.3) is 0 Å². The number of hydrogen-bond acceptors (Lipinski definition) is 2. The molecule has 1 aliphatic rings. The molecule has 0 fully saturated rings. The molecule has 140 valence electrons. The Bertz CT molecular complexity index is 744. The van der Waals surface area contributed by atoms with Crippen molar-refractivity contribution in [1.82, 2.24) is 0 Å². The van der Waals surface area contributed by atoms with Gasteiger partial charge in [-0.3, -0.25) is 0 Å². The van der Waals surface area contributed by atoms with Gasteiger partial charge in [-0.05, 0) is 65.7 Å². The molecule has 0 saturated carbocycles. The maximum Gasteiger partial charge on any atom is 0.192 e. The Morgan fingerprint density at radius 1 is 0.962 bits per heavy atom. The number of benzene rings is 2. The first-order chi connectivity index (χ1) is 12.2. The highest BCUT2D eigenvalue weighted by atomic mass is 28.4. The Balaban J connectivity index is 1.81. The minimum atomic E-state index is -1.79. The van der Waals surface area contributed by atoms with Crippen LogP contribution in [-0.4, -0.2) is 15.4 Å². The number of ether oxygens (including phenoxy) is 1. The van der Waals surface area contributed by atoms with Crippen LogP contribution in [0.4, 0.5) is 0 Å². The first-order valence-corrected chi connectivity index (χ1v) is 12.5. The summed E-state index contributed by atoms with van der Waals surface area (Å²) in [4.78, 5) is 0. The van der Waals surface area contributed by atoms with Gasteiger partial charge in [-0.15, -0.1) is 0 Å². The summed E-state index contributed by atoms with van der Waals surface area (Å²) in [5.41, 5.74) is 4.22. The summed E-state index contributed by atoms with van der Waals surface area (Å²) >= 11 is 0. The predicted octanol–water partition coefficient (Wildman–Crippen LogP) is 6.49. The molecule has 2 aromatic rings. The van der Waals surface area contributed by atoms with Crippen molar-refractivity contribution in [1.29, 1.82) is 0 Å². The molecule has 0 saturated heterocycles. The summed E-state index contributed by atoms with van der Waals surface area (Å²) in [6.07, 6.45) is 2.37. The van der Waals surface area contributed by atoms with Crippen molar-refractivity contribution in [2.75, 3.05) is 7.11 Å². The molecule has 0 radical (unpaired) electrons. The molecule has 0 amide bonds. The monoisotopic (exact) mass is 368 g/mol. The molecule has 26 heavy (non-hydrogen) atoms. The minimum absolute atomic E-state index is 0.232. The van der Waals surface area contributed by atoms with Gasteiger partial charge < -0.3 is 9.16 Å². The van der Waals surface area contributed by atoms with Crippen molar-refractivity contribution in [3.05, 3.63) is 65.2 Å². The van der Waals surface area contributed by atoms with Crippen LogP contribution in [0.2, 0.25) is 18.1 Å². The van der Waals surface area contributed by atoms with Crippen molar-refractivity contribution < 1.29 is 9.16 Å². The van der Waals surface area contributed by atoms with E-state index in [0.717, 1.165) is 18.6 Å². The molecule has 0 spiro atoms. The topological polar surface area (TPSA) is 18.5 Å². The molecule has 2 nitrogen and oxygen atoms in total. The van der Waals surface area contributed by atoms with Crippen molar-refractivity contribution in [2.24, 2.45) is 0 Å². The Hall–Kier alpha value is -1.58. The Morgan fingerprint density at radius 2 is 1.58 bits per heavy atom. The molecule has 3 rings (SSSR count). The van der Waals surface area contributed by atoms with E-state index in [4.69, 9.17) is 9.16 Å². The van der Waals surface area contributed by atoms with E-state index >= 15 is 0 Å². The normalized spacial score (nSPS) is 20.1. The van der Waals surface area contributed by atoms with E-state index in [9.17, 15) is 0 Å². The fraction of sp³-hybridized carbons (Fsp3) is 0.478. The third-order valence-electron chi connectivity index (χ3n) is 6.17. The maximum atomic E-state index is 6.81. The zero-order valence-corrected chi connectivity index (χ0v) is 18.0. The average molecular weight is 369 g/mol. The fourth-order valence-corrected chi connectivity index (χ4v) is 4.86. The van der Waals surface area contributed by atoms with E-state index in [2.05, 4.69) is 82.4 Å². The molecule has 0 bridgehead atoms. The smallest absolute Gasteiger partial charge is 0.192 e. The van der Waals surface area contributed by atoms with Gasteiger partial charge in [0.25, 0.3) is 0 Å². The number of rotatable bonds is 5. The van der Waals surface area contributed by atoms with E-state index in [-0.39, 0.29) is 11.1 Å². The lowest BCUT2D eigenvalue weighted by atomic mass is 9.93. The third-order valence-corrected chi connectivity index (χ3v) is 10.7. The van der Waals surface area contributed by atoms with Gasteiger partial charge in [0.15, 0.2) is 8.32 Å². The van der Waals surface area contributed by atoms with Crippen molar-refractivity contribution >= 4 is 8.32 Å².